The van der Waals surface area contributed by atoms with Crippen molar-refractivity contribution in [1.82, 2.24) is 0 Å². The first-order valence-corrected chi connectivity index (χ1v) is 8.92. The monoisotopic (exact) mass is 334 g/mol. The smallest absolute Gasteiger partial charge is 0.328 e. The Kier molecular flexibility index (Phi) is 5.26. The minimum atomic E-state index is -0.907. The van der Waals surface area contributed by atoms with E-state index >= 15 is 0 Å². The van der Waals surface area contributed by atoms with Crippen LogP contribution in [0.1, 0.15) is 65.7 Å². The lowest BCUT2D eigenvalue weighted by Crippen LogP contribution is -2.53. The molecule has 0 heterocycles. The second-order valence-corrected chi connectivity index (χ2v) is 8.25. The van der Waals surface area contributed by atoms with Crippen LogP contribution in [0.4, 0.5) is 0 Å². The Morgan fingerprint density at radius 3 is 2.54 bits per heavy atom. The largest absolute Gasteiger partial charge is 0.481 e. The average molecular weight is 334 g/mol. The van der Waals surface area contributed by atoms with Gasteiger partial charge in [-0.25, -0.2) is 4.79 Å². The first-order chi connectivity index (χ1) is 11.1. The van der Waals surface area contributed by atoms with Crippen LogP contribution < -0.4 is 0 Å². The van der Waals surface area contributed by atoms with Crippen LogP contribution in [0, 0.1) is 22.7 Å². The highest BCUT2D eigenvalue weighted by Gasteiger charge is 2.57. The van der Waals surface area contributed by atoms with E-state index in [0.717, 1.165) is 50.5 Å². The standard InChI is InChI=1S/C20H30O4/c1-13(12-17(21)22)6-8-15-14(2)7-9-16-19(15,3)10-5-11-20(16,4)18(23)24/h12,15-16H,2,5-11H2,1,3-4H3,(H,21,22)(H,23,24)/b13-12+/t15-,16+,19+,20-/m1/s1. The molecule has 0 aromatic carbocycles. The Labute approximate surface area is 144 Å². The number of allylic oxidation sites excluding steroid dienone is 2. The van der Waals surface area contributed by atoms with E-state index < -0.39 is 17.4 Å². The fraction of sp³-hybridized carbons (Fsp3) is 0.700. The highest BCUT2D eigenvalue weighted by Crippen LogP contribution is 2.62. The molecule has 0 aromatic heterocycles. The Hall–Kier alpha value is -1.58. The molecule has 4 atom stereocenters. The molecule has 134 valence electrons. The van der Waals surface area contributed by atoms with Crippen molar-refractivity contribution in [3.63, 3.8) is 0 Å². The van der Waals surface area contributed by atoms with Gasteiger partial charge in [0, 0.05) is 6.08 Å². The van der Waals surface area contributed by atoms with Gasteiger partial charge in [-0.3, -0.25) is 4.79 Å². The van der Waals surface area contributed by atoms with Crippen molar-refractivity contribution in [3.05, 3.63) is 23.8 Å². The summed E-state index contributed by atoms with van der Waals surface area (Å²) in [5.41, 5.74) is 1.37. The lowest BCUT2D eigenvalue weighted by molar-refractivity contribution is -0.164. The number of carbonyl (C=O) groups is 2. The first-order valence-electron chi connectivity index (χ1n) is 8.92. The molecule has 2 rings (SSSR count). The van der Waals surface area contributed by atoms with Gasteiger partial charge in [-0.05, 0) is 69.6 Å². The topological polar surface area (TPSA) is 74.6 Å². The molecule has 24 heavy (non-hydrogen) atoms. The van der Waals surface area contributed by atoms with Gasteiger partial charge in [0.05, 0.1) is 5.41 Å². The van der Waals surface area contributed by atoms with Gasteiger partial charge in [-0.2, -0.15) is 0 Å². The van der Waals surface area contributed by atoms with E-state index in [1.165, 1.54) is 11.6 Å². The van der Waals surface area contributed by atoms with E-state index in [0.29, 0.717) is 0 Å². The summed E-state index contributed by atoms with van der Waals surface area (Å²) in [6.07, 6.45) is 7.36. The second kappa shape index (κ2) is 6.73. The van der Waals surface area contributed by atoms with Gasteiger partial charge in [0.1, 0.15) is 0 Å². The Morgan fingerprint density at radius 1 is 1.29 bits per heavy atom. The summed E-state index contributed by atoms with van der Waals surface area (Å²) in [7, 11) is 0. The zero-order valence-electron chi connectivity index (χ0n) is 15.1. The third-order valence-electron chi connectivity index (χ3n) is 6.71. The van der Waals surface area contributed by atoms with Crippen LogP contribution in [-0.2, 0) is 9.59 Å². The van der Waals surface area contributed by atoms with Crippen molar-refractivity contribution in [2.24, 2.45) is 22.7 Å². The maximum Gasteiger partial charge on any atom is 0.328 e. The molecule has 2 aliphatic carbocycles. The molecule has 0 unspecified atom stereocenters. The molecule has 4 heteroatoms. The van der Waals surface area contributed by atoms with Gasteiger partial charge < -0.3 is 10.2 Å². The molecule has 0 aliphatic heterocycles. The minimum absolute atomic E-state index is 0.0514. The maximum atomic E-state index is 12.0. The number of hydrogen-bond donors (Lipinski definition) is 2. The van der Waals surface area contributed by atoms with Crippen LogP contribution in [-0.4, -0.2) is 22.2 Å². The second-order valence-electron chi connectivity index (χ2n) is 8.25. The summed E-state index contributed by atoms with van der Waals surface area (Å²) in [5, 5.41) is 18.7. The average Bonchev–Trinajstić information content (AvgIpc) is 2.45. The number of rotatable bonds is 5. The first kappa shape index (κ1) is 18.8. The van der Waals surface area contributed by atoms with E-state index in [4.69, 9.17) is 5.11 Å². The zero-order valence-corrected chi connectivity index (χ0v) is 15.1. The predicted octanol–water partition coefficient (Wildman–Crippen LogP) is 4.66. The van der Waals surface area contributed by atoms with E-state index in [-0.39, 0.29) is 17.3 Å². The van der Waals surface area contributed by atoms with Gasteiger partial charge in [0.2, 0.25) is 0 Å². The fourth-order valence-corrected chi connectivity index (χ4v) is 5.39. The number of aliphatic carboxylic acids is 2. The molecule has 2 fully saturated rings. The SMILES string of the molecule is C=C1CC[C@H]2[C@@](C)(CCC[C@@]2(C)C(=O)O)[C@@H]1CC/C(C)=C/C(=O)O. The molecule has 2 N–H and O–H groups in total. The van der Waals surface area contributed by atoms with E-state index in [2.05, 4.69) is 13.5 Å². The van der Waals surface area contributed by atoms with Crippen LogP contribution >= 0.6 is 0 Å². The summed E-state index contributed by atoms with van der Waals surface area (Å²) < 4.78 is 0. The minimum Gasteiger partial charge on any atom is -0.481 e. The summed E-state index contributed by atoms with van der Waals surface area (Å²) in [6.45, 7) is 10.3. The number of hydrogen-bond acceptors (Lipinski definition) is 2. The van der Waals surface area contributed by atoms with E-state index in [9.17, 15) is 14.7 Å². The Balaban J connectivity index is 2.25. The molecule has 2 aliphatic rings. The van der Waals surface area contributed by atoms with Crippen molar-refractivity contribution < 1.29 is 19.8 Å². The summed E-state index contributed by atoms with van der Waals surface area (Å²) >= 11 is 0. The lowest BCUT2D eigenvalue weighted by Gasteiger charge is -2.57. The van der Waals surface area contributed by atoms with Crippen LogP contribution in [0.25, 0.3) is 0 Å². The number of fused-ring (bicyclic) bond motifs is 1. The van der Waals surface area contributed by atoms with Crippen molar-refractivity contribution in [1.29, 1.82) is 0 Å². The molecule has 0 spiro atoms. The third kappa shape index (κ3) is 3.28. The molecule has 0 amide bonds. The van der Waals surface area contributed by atoms with Crippen molar-refractivity contribution in [3.8, 4) is 0 Å². The molecule has 0 aromatic rings. The third-order valence-corrected chi connectivity index (χ3v) is 6.71. The summed E-state index contributed by atoms with van der Waals surface area (Å²) in [5.74, 6) is -1.15. The molecule has 0 saturated heterocycles. The number of carboxylic acid groups (broad SMARTS) is 2. The lowest BCUT2D eigenvalue weighted by atomic mass is 9.46. The van der Waals surface area contributed by atoms with Gasteiger partial charge in [-0.15, -0.1) is 0 Å². The van der Waals surface area contributed by atoms with Crippen LogP contribution in [0.3, 0.4) is 0 Å². The maximum absolute atomic E-state index is 12.0. The Morgan fingerprint density at radius 2 is 1.96 bits per heavy atom. The zero-order chi connectivity index (χ0) is 18.1. The van der Waals surface area contributed by atoms with Crippen molar-refractivity contribution >= 4 is 11.9 Å². The molecule has 0 radical (unpaired) electrons. The van der Waals surface area contributed by atoms with Gasteiger partial charge >= 0.3 is 11.9 Å². The molecule has 2 saturated carbocycles. The van der Waals surface area contributed by atoms with E-state index in [1.807, 2.05) is 13.8 Å². The summed E-state index contributed by atoms with van der Waals surface area (Å²) in [4.78, 5) is 22.8. The van der Waals surface area contributed by atoms with Gasteiger partial charge in [0.15, 0.2) is 0 Å². The highest BCUT2D eigenvalue weighted by molar-refractivity contribution is 5.80. The highest BCUT2D eigenvalue weighted by atomic mass is 16.4. The van der Waals surface area contributed by atoms with Gasteiger partial charge in [-0.1, -0.05) is 31.1 Å². The number of carboxylic acids is 2. The van der Waals surface area contributed by atoms with Crippen LogP contribution in [0.5, 0.6) is 0 Å². The normalized spacial score (nSPS) is 37.0. The predicted molar refractivity (Wildman–Crippen MR) is 93.7 cm³/mol. The summed E-state index contributed by atoms with van der Waals surface area (Å²) in [6, 6.07) is 0. The van der Waals surface area contributed by atoms with Crippen LogP contribution in [0.15, 0.2) is 23.8 Å². The van der Waals surface area contributed by atoms with Crippen molar-refractivity contribution in [2.45, 2.75) is 65.7 Å². The van der Waals surface area contributed by atoms with Crippen LogP contribution in [0.2, 0.25) is 0 Å². The van der Waals surface area contributed by atoms with Crippen molar-refractivity contribution in [2.75, 3.05) is 0 Å². The quantitative estimate of drug-likeness (QED) is 0.566. The molecule has 0 bridgehead atoms. The fourth-order valence-electron chi connectivity index (χ4n) is 5.39. The molecule has 4 nitrogen and oxygen atoms in total. The molecular formula is C20H30O4. The van der Waals surface area contributed by atoms with E-state index in [1.54, 1.807) is 0 Å². The van der Waals surface area contributed by atoms with Gasteiger partial charge in [0.25, 0.3) is 0 Å². The Bertz CT molecular complexity index is 576. The molecular weight excluding hydrogens is 304 g/mol.